The Morgan fingerprint density at radius 2 is 2.06 bits per heavy atom. The second kappa shape index (κ2) is 6.65. The Kier molecular flexibility index (Phi) is 5.16. The van der Waals surface area contributed by atoms with E-state index in [9.17, 15) is 0 Å². The standard InChI is InChI=1S/C12H15N3OS/c1-9(8-14-15-12(13)17)7-10-3-5-11(16-2)6-4-10/h3-8H,1-2H3,(H3,13,15,17)/b9-7+,14-8-. The number of nitrogens with two attached hydrogens (primary N) is 1. The summed E-state index contributed by atoms with van der Waals surface area (Å²) in [6.45, 7) is 1.94. The first-order chi connectivity index (χ1) is 8.11. The lowest BCUT2D eigenvalue weighted by Crippen LogP contribution is -2.23. The second-order valence-electron chi connectivity index (χ2n) is 3.40. The summed E-state index contributed by atoms with van der Waals surface area (Å²) in [7, 11) is 1.64. The fourth-order valence-electron chi connectivity index (χ4n) is 1.20. The third kappa shape index (κ3) is 5.12. The fraction of sp³-hybridized carbons (Fsp3) is 0.167. The molecule has 3 N–H and O–H groups in total. The van der Waals surface area contributed by atoms with Gasteiger partial charge in [0.2, 0.25) is 0 Å². The minimum atomic E-state index is 0.151. The van der Waals surface area contributed by atoms with E-state index in [1.54, 1.807) is 13.3 Å². The first kappa shape index (κ1) is 13.2. The van der Waals surface area contributed by atoms with Gasteiger partial charge < -0.3 is 10.5 Å². The predicted octanol–water partition coefficient (Wildman–Crippen LogP) is 1.92. The van der Waals surface area contributed by atoms with Crippen LogP contribution in [0.1, 0.15) is 12.5 Å². The molecule has 0 bridgehead atoms. The number of nitrogens with one attached hydrogen (secondary N) is 1. The average molecular weight is 249 g/mol. The molecule has 17 heavy (non-hydrogen) atoms. The fourth-order valence-corrected chi connectivity index (χ4v) is 1.25. The van der Waals surface area contributed by atoms with Gasteiger partial charge in [-0.3, -0.25) is 5.43 Å². The molecule has 0 heterocycles. The summed E-state index contributed by atoms with van der Waals surface area (Å²) in [5, 5.41) is 4.02. The maximum atomic E-state index is 5.24. The average Bonchev–Trinajstić information content (AvgIpc) is 2.29. The largest absolute Gasteiger partial charge is 0.497 e. The van der Waals surface area contributed by atoms with Crippen LogP contribution in [-0.2, 0) is 0 Å². The lowest BCUT2D eigenvalue weighted by molar-refractivity contribution is 0.415. The molecule has 0 amide bonds. The van der Waals surface area contributed by atoms with Crippen molar-refractivity contribution in [3.05, 3.63) is 35.4 Å². The van der Waals surface area contributed by atoms with Crippen molar-refractivity contribution in [2.75, 3.05) is 7.11 Å². The Morgan fingerprint density at radius 1 is 1.41 bits per heavy atom. The van der Waals surface area contributed by atoms with Crippen LogP contribution >= 0.6 is 12.2 Å². The van der Waals surface area contributed by atoms with Crippen LogP contribution in [0.25, 0.3) is 6.08 Å². The molecular formula is C12H15N3OS. The highest BCUT2D eigenvalue weighted by Crippen LogP contribution is 2.13. The Morgan fingerprint density at radius 3 is 2.59 bits per heavy atom. The van der Waals surface area contributed by atoms with E-state index in [-0.39, 0.29) is 5.11 Å². The van der Waals surface area contributed by atoms with Crippen molar-refractivity contribution in [3.8, 4) is 5.75 Å². The highest BCUT2D eigenvalue weighted by Gasteiger charge is 1.91. The van der Waals surface area contributed by atoms with Gasteiger partial charge in [-0.1, -0.05) is 18.2 Å². The summed E-state index contributed by atoms with van der Waals surface area (Å²) in [6.07, 6.45) is 3.65. The van der Waals surface area contributed by atoms with Gasteiger partial charge in [0.05, 0.1) is 13.3 Å². The van der Waals surface area contributed by atoms with Gasteiger partial charge in [0.25, 0.3) is 0 Å². The van der Waals surface area contributed by atoms with Gasteiger partial charge in [0, 0.05) is 0 Å². The summed E-state index contributed by atoms with van der Waals surface area (Å²) in [5.74, 6) is 0.837. The van der Waals surface area contributed by atoms with E-state index in [2.05, 4.69) is 22.7 Å². The summed E-state index contributed by atoms with van der Waals surface area (Å²) in [4.78, 5) is 0. The van der Waals surface area contributed by atoms with E-state index >= 15 is 0 Å². The number of benzene rings is 1. The van der Waals surface area contributed by atoms with Crippen LogP contribution in [0.4, 0.5) is 0 Å². The van der Waals surface area contributed by atoms with Crippen LogP contribution in [-0.4, -0.2) is 18.4 Å². The highest BCUT2D eigenvalue weighted by molar-refractivity contribution is 7.80. The molecule has 1 aromatic carbocycles. The summed E-state index contributed by atoms with van der Waals surface area (Å²) in [5.41, 5.74) is 9.79. The minimum Gasteiger partial charge on any atom is -0.497 e. The van der Waals surface area contributed by atoms with Crippen LogP contribution < -0.4 is 15.9 Å². The first-order valence-corrected chi connectivity index (χ1v) is 5.43. The van der Waals surface area contributed by atoms with Gasteiger partial charge in [0.15, 0.2) is 5.11 Å². The first-order valence-electron chi connectivity index (χ1n) is 5.02. The number of hydrazone groups is 1. The maximum absolute atomic E-state index is 5.24. The molecule has 4 nitrogen and oxygen atoms in total. The third-order valence-corrected chi connectivity index (χ3v) is 2.04. The Hall–Kier alpha value is -1.88. The number of nitrogens with zero attached hydrogens (tertiary/aromatic N) is 1. The van der Waals surface area contributed by atoms with Crippen molar-refractivity contribution >= 4 is 29.6 Å². The monoisotopic (exact) mass is 249 g/mol. The SMILES string of the molecule is COc1ccc(/C=C(C)/C=N\NC(N)=S)cc1. The van der Waals surface area contributed by atoms with E-state index in [1.165, 1.54) is 0 Å². The van der Waals surface area contributed by atoms with Crippen LogP contribution in [0.15, 0.2) is 34.9 Å². The molecular weight excluding hydrogens is 234 g/mol. The number of hydrogen-bond acceptors (Lipinski definition) is 3. The summed E-state index contributed by atoms with van der Waals surface area (Å²) >= 11 is 4.62. The summed E-state index contributed by atoms with van der Waals surface area (Å²) in [6, 6.07) is 7.75. The van der Waals surface area contributed by atoms with E-state index < -0.39 is 0 Å². The van der Waals surface area contributed by atoms with Crippen molar-refractivity contribution in [2.24, 2.45) is 10.8 Å². The third-order valence-electron chi connectivity index (χ3n) is 1.95. The van der Waals surface area contributed by atoms with Crippen LogP contribution in [0, 0.1) is 0 Å². The number of thiocarbonyl (C=S) groups is 1. The van der Waals surface area contributed by atoms with Crippen molar-refractivity contribution in [1.82, 2.24) is 5.43 Å². The second-order valence-corrected chi connectivity index (χ2v) is 3.84. The number of ether oxygens (including phenoxy) is 1. The highest BCUT2D eigenvalue weighted by atomic mass is 32.1. The molecule has 0 unspecified atom stereocenters. The van der Waals surface area contributed by atoms with Crippen LogP contribution in [0.5, 0.6) is 5.75 Å². The van der Waals surface area contributed by atoms with Crippen LogP contribution in [0.3, 0.4) is 0 Å². The zero-order chi connectivity index (χ0) is 12.7. The predicted molar refractivity (Wildman–Crippen MR) is 75.1 cm³/mol. The van der Waals surface area contributed by atoms with E-state index in [0.717, 1.165) is 16.9 Å². The Bertz CT molecular complexity index is 438. The molecule has 5 heteroatoms. The molecule has 90 valence electrons. The lowest BCUT2D eigenvalue weighted by Gasteiger charge is -2.00. The molecule has 0 aliphatic rings. The zero-order valence-corrected chi connectivity index (χ0v) is 10.6. The van der Waals surface area contributed by atoms with E-state index in [1.807, 2.05) is 37.3 Å². The molecule has 0 radical (unpaired) electrons. The molecule has 0 saturated carbocycles. The van der Waals surface area contributed by atoms with Gasteiger partial charge in [-0.05, 0) is 42.4 Å². The van der Waals surface area contributed by atoms with Gasteiger partial charge in [-0.25, -0.2) is 0 Å². The number of rotatable bonds is 4. The number of hydrogen-bond donors (Lipinski definition) is 2. The van der Waals surface area contributed by atoms with Crippen molar-refractivity contribution in [2.45, 2.75) is 6.92 Å². The molecule has 0 spiro atoms. The number of allylic oxidation sites excluding steroid dienone is 1. The van der Waals surface area contributed by atoms with Crippen molar-refractivity contribution < 1.29 is 4.74 Å². The maximum Gasteiger partial charge on any atom is 0.184 e. The molecule has 0 fully saturated rings. The zero-order valence-electron chi connectivity index (χ0n) is 9.81. The topological polar surface area (TPSA) is 59.6 Å². The van der Waals surface area contributed by atoms with Crippen LogP contribution in [0.2, 0.25) is 0 Å². The van der Waals surface area contributed by atoms with E-state index in [4.69, 9.17) is 10.5 Å². The van der Waals surface area contributed by atoms with Gasteiger partial charge >= 0.3 is 0 Å². The van der Waals surface area contributed by atoms with Crippen molar-refractivity contribution in [3.63, 3.8) is 0 Å². The molecule has 0 atom stereocenters. The lowest BCUT2D eigenvalue weighted by atomic mass is 10.1. The van der Waals surface area contributed by atoms with Crippen molar-refractivity contribution in [1.29, 1.82) is 0 Å². The van der Waals surface area contributed by atoms with Gasteiger partial charge in [-0.15, -0.1) is 0 Å². The van der Waals surface area contributed by atoms with E-state index in [0.29, 0.717) is 0 Å². The molecule has 0 aromatic heterocycles. The Labute approximate surface area is 106 Å². The quantitative estimate of drug-likeness (QED) is 0.486. The Balaban J connectivity index is 2.66. The number of methoxy groups -OCH3 is 1. The molecule has 0 aliphatic carbocycles. The minimum absolute atomic E-state index is 0.151. The molecule has 0 saturated heterocycles. The van der Waals surface area contributed by atoms with Gasteiger partial charge in [-0.2, -0.15) is 5.10 Å². The molecule has 1 aromatic rings. The molecule has 0 aliphatic heterocycles. The van der Waals surface area contributed by atoms with Gasteiger partial charge in [0.1, 0.15) is 5.75 Å². The smallest absolute Gasteiger partial charge is 0.184 e. The summed E-state index contributed by atoms with van der Waals surface area (Å²) < 4.78 is 5.08. The normalized spacial score (nSPS) is 11.5. The molecule has 1 rings (SSSR count).